The fraction of sp³-hybridized carbons (Fsp3) is 0.0667. The summed E-state index contributed by atoms with van der Waals surface area (Å²) in [5, 5.41) is 0.586. The topological polar surface area (TPSA) is 51.8 Å². The maximum atomic E-state index is 5.88. The second kappa shape index (κ2) is 4.82. The molecule has 3 aromatic rings. The number of hydrogen-bond acceptors (Lipinski definition) is 4. The number of rotatable bonds is 2. The number of nitrogens with two attached hydrogens (primary N) is 1. The van der Waals surface area contributed by atoms with E-state index in [0.717, 1.165) is 27.4 Å². The first-order valence-electron chi connectivity index (χ1n) is 5.99. The van der Waals surface area contributed by atoms with Crippen LogP contribution in [0.1, 0.15) is 5.69 Å². The molecular weight excluding hydrogens is 254 g/mol. The molecule has 0 bridgehead atoms. The lowest BCUT2D eigenvalue weighted by Gasteiger charge is -2.03. The molecule has 19 heavy (non-hydrogen) atoms. The van der Waals surface area contributed by atoms with Crippen molar-refractivity contribution in [3.05, 3.63) is 54.4 Å². The van der Waals surface area contributed by atoms with Gasteiger partial charge in [-0.3, -0.25) is 4.98 Å². The van der Waals surface area contributed by atoms with Crippen molar-refractivity contribution in [3.63, 3.8) is 0 Å². The van der Waals surface area contributed by atoms with Crippen molar-refractivity contribution in [2.45, 2.75) is 6.92 Å². The van der Waals surface area contributed by atoms with Gasteiger partial charge in [0, 0.05) is 17.5 Å². The summed E-state index contributed by atoms with van der Waals surface area (Å²) >= 11 is 1.51. The summed E-state index contributed by atoms with van der Waals surface area (Å²) in [6.07, 6.45) is 1.81. The van der Waals surface area contributed by atoms with Crippen molar-refractivity contribution in [2.75, 3.05) is 5.73 Å². The summed E-state index contributed by atoms with van der Waals surface area (Å²) in [5.41, 5.74) is 10.0. The van der Waals surface area contributed by atoms with Crippen molar-refractivity contribution in [1.29, 1.82) is 0 Å². The van der Waals surface area contributed by atoms with Crippen LogP contribution in [-0.4, -0.2) is 9.97 Å². The molecule has 2 N–H and O–H groups in total. The Hall–Kier alpha value is -2.20. The van der Waals surface area contributed by atoms with Crippen LogP contribution >= 0.6 is 11.3 Å². The average Bonchev–Trinajstić information content (AvgIpc) is 2.82. The minimum atomic E-state index is 0.586. The number of benzene rings is 1. The van der Waals surface area contributed by atoms with Gasteiger partial charge in [-0.2, -0.15) is 0 Å². The summed E-state index contributed by atoms with van der Waals surface area (Å²) in [5.74, 6) is 0. The van der Waals surface area contributed by atoms with Gasteiger partial charge in [0.1, 0.15) is 0 Å². The first-order valence-corrected chi connectivity index (χ1v) is 6.80. The standard InChI is InChI=1S/C15H13N3S/c1-10-9-12(7-8-17-10)14-13(18-15(16)19-14)11-5-3-2-4-6-11/h2-9H,1H3,(H2,16,18). The molecule has 0 amide bonds. The molecule has 94 valence electrons. The molecule has 0 fully saturated rings. The van der Waals surface area contributed by atoms with Crippen LogP contribution in [0.4, 0.5) is 5.13 Å². The molecule has 0 atom stereocenters. The molecule has 0 radical (unpaired) electrons. The Labute approximate surface area is 115 Å². The molecule has 0 spiro atoms. The largest absolute Gasteiger partial charge is 0.375 e. The molecule has 3 rings (SSSR count). The van der Waals surface area contributed by atoms with E-state index in [1.54, 1.807) is 0 Å². The predicted octanol–water partition coefficient (Wildman–Crippen LogP) is 3.76. The molecule has 1 aromatic carbocycles. The first kappa shape index (κ1) is 11.9. The fourth-order valence-electron chi connectivity index (χ4n) is 2.01. The fourth-order valence-corrected chi connectivity index (χ4v) is 2.86. The molecule has 0 saturated heterocycles. The SMILES string of the molecule is Cc1cc(-c2sc(N)nc2-c2ccccc2)ccn1. The van der Waals surface area contributed by atoms with E-state index in [1.165, 1.54) is 11.3 Å². The molecule has 0 saturated carbocycles. The number of nitrogen functional groups attached to an aromatic ring is 1. The predicted molar refractivity (Wildman–Crippen MR) is 79.9 cm³/mol. The maximum absolute atomic E-state index is 5.88. The van der Waals surface area contributed by atoms with Crippen LogP contribution in [0.3, 0.4) is 0 Å². The molecule has 3 nitrogen and oxygen atoms in total. The van der Waals surface area contributed by atoms with E-state index in [4.69, 9.17) is 5.73 Å². The normalized spacial score (nSPS) is 10.6. The number of aryl methyl sites for hydroxylation is 1. The van der Waals surface area contributed by atoms with Crippen molar-refractivity contribution in [1.82, 2.24) is 9.97 Å². The van der Waals surface area contributed by atoms with Crippen LogP contribution < -0.4 is 5.73 Å². The lowest BCUT2D eigenvalue weighted by Crippen LogP contribution is -1.85. The van der Waals surface area contributed by atoms with E-state index < -0.39 is 0 Å². The third-order valence-electron chi connectivity index (χ3n) is 2.85. The maximum Gasteiger partial charge on any atom is 0.181 e. The van der Waals surface area contributed by atoms with Gasteiger partial charge in [-0.1, -0.05) is 41.7 Å². The van der Waals surface area contributed by atoms with Gasteiger partial charge in [0.05, 0.1) is 10.6 Å². The third kappa shape index (κ3) is 2.35. The molecular formula is C15H13N3S. The van der Waals surface area contributed by atoms with E-state index in [0.29, 0.717) is 5.13 Å². The highest BCUT2D eigenvalue weighted by atomic mass is 32.1. The second-order valence-electron chi connectivity index (χ2n) is 4.28. The van der Waals surface area contributed by atoms with Crippen molar-refractivity contribution in [2.24, 2.45) is 0 Å². The van der Waals surface area contributed by atoms with Gasteiger partial charge in [-0.05, 0) is 24.6 Å². The average molecular weight is 267 g/mol. The van der Waals surface area contributed by atoms with Gasteiger partial charge in [-0.25, -0.2) is 4.98 Å². The van der Waals surface area contributed by atoms with Gasteiger partial charge in [0.25, 0.3) is 0 Å². The molecule has 0 unspecified atom stereocenters. The minimum Gasteiger partial charge on any atom is -0.375 e. The molecule has 2 heterocycles. The van der Waals surface area contributed by atoms with E-state index in [2.05, 4.69) is 16.0 Å². The minimum absolute atomic E-state index is 0.586. The number of aromatic nitrogens is 2. The van der Waals surface area contributed by atoms with Gasteiger partial charge < -0.3 is 5.73 Å². The Morgan fingerprint density at radius 2 is 1.84 bits per heavy atom. The Bertz CT molecular complexity index is 704. The van der Waals surface area contributed by atoms with Gasteiger partial charge in [0.2, 0.25) is 0 Å². The van der Waals surface area contributed by atoms with Crippen LogP contribution in [0.5, 0.6) is 0 Å². The lowest BCUT2D eigenvalue weighted by atomic mass is 10.1. The monoisotopic (exact) mass is 267 g/mol. The molecule has 2 aromatic heterocycles. The number of thiazole rings is 1. The van der Waals surface area contributed by atoms with Crippen molar-refractivity contribution in [3.8, 4) is 21.7 Å². The number of pyridine rings is 1. The van der Waals surface area contributed by atoms with E-state index in [-0.39, 0.29) is 0 Å². The van der Waals surface area contributed by atoms with Crippen LogP contribution in [-0.2, 0) is 0 Å². The summed E-state index contributed by atoms with van der Waals surface area (Å²) in [7, 11) is 0. The van der Waals surface area contributed by atoms with E-state index in [9.17, 15) is 0 Å². The second-order valence-corrected chi connectivity index (χ2v) is 5.31. The van der Waals surface area contributed by atoms with Gasteiger partial charge in [0.15, 0.2) is 5.13 Å². The number of hydrogen-bond donors (Lipinski definition) is 1. The summed E-state index contributed by atoms with van der Waals surface area (Å²) in [4.78, 5) is 9.78. The zero-order chi connectivity index (χ0) is 13.2. The smallest absolute Gasteiger partial charge is 0.181 e. The quantitative estimate of drug-likeness (QED) is 0.769. The highest BCUT2D eigenvalue weighted by Gasteiger charge is 2.13. The van der Waals surface area contributed by atoms with Crippen molar-refractivity contribution >= 4 is 16.5 Å². The Balaban J connectivity index is 2.18. The van der Waals surface area contributed by atoms with Crippen LogP contribution in [0.15, 0.2) is 48.7 Å². The highest BCUT2D eigenvalue weighted by Crippen LogP contribution is 2.37. The molecule has 0 aliphatic rings. The number of nitrogens with zero attached hydrogens (tertiary/aromatic N) is 2. The zero-order valence-corrected chi connectivity index (χ0v) is 11.3. The molecule has 0 aliphatic carbocycles. The van der Waals surface area contributed by atoms with E-state index >= 15 is 0 Å². The summed E-state index contributed by atoms with van der Waals surface area (Å²) < 4.78 is 0. The van der Waals surface area contributed by atoms with Crippen molar-refractivity contribution < 1.29 is 0 Å². The highest BCUT2D eigenvalue weighted by molar-refractivity contribution is 7.19. The van der Waals surface area contributed by atoms with Crippen LogP contribution in [0.2, 0.25) is 0 Å². The Morgan fingerprint density at radius 1 is 1.05 bits per heavy atom. The van der Waals surface area contributed by atoms with Gasteiger partial charge >= 0.3 is 0 Å². The van der Waals surface area contributed by atoms with Gasteiger partial charge in [-0.15, -0.1) is 0 Å². The Kier molecular flexibility index (Phi) is 3.01. The lowest BCUT2D eigenvalue weighted by molar-refractivity contribution is 1.20. The first-order chi connectivity index (χ1) is 9.24. The molecule has 4 heteroatoms. The van der Waals surface area contributed by atoms with E-state index in [1.807, 2.05) is 49.5 Å². The zero-order valence-electron chi connectivity index (χ0n) is 10.5. The Morgan fingerprint density at radius 3 is 2.58 bits per heavy atom. The molecule has 0 aliphatic heterocycles. The van der Waals surface area contributed by atoms with Crippen LogP contribution in [0.25, 0.3) is 21.7 Å². The van der Waals surface area contributed by atoms with Crippen LogP contribution in [0, 0.1) is 6.92 Å². The summed E-state index contributed by atoms with van der Waals surface area (Å²) in [6.45, 7) is 1.98. The third-order valence-corrected chi connectivity index (χ3v) is 3.78. The summed E-state index contributed by atoms with van der Waals surface area (Å²) in [6, 6.07) is 14.2. The number of anilines is 1.